The predicted molar refractivity (Wildman–Crippen MR) is 180 cm³/mol. The third-order valence-corrected chi connectivity index (χ3v) is 12.0. The van der Waals surface area contributed by atoms with Gasteiger partial charge < -0.3 is 28.5 Å². The molecule has 2 aliphatic carbocycles. The fourth-order valence-corrected chi connectivity index (χ4v) is 9.55. The Hall–Kier alpha value is -4.02. The number of hydrogen-bond acceptors (Lipinski definition) is 9. The van der Waals surface area contributed by atoms with Crippen molar-refractivity contribution >= 4 is 17.6 Å². The number of nitrogens with zero attached hydrogens (tertiary/aromatic N) is 1. The third-order valence-electron chi connectivity index (χ3n) is 11.8. The maximum Gasteiger partial charge on any atom is 0.345 e. The van der Waals surface area contributed by atoms with Gasteiger partial charge in [-0.25, -0.2) is 9.59 Å². The van der Waals surface area contributed by atoms with Gasteiger partial charge in [-0.2, -0.15) is 0 Å². The molecule has 10 heteroatoms. The first-order chi connectivity index (χ1) is 23.5. The van der Waals surface area contributed by atoms with Crippen LogP contribution in [-0.4, -0.2) is 40.5 Å². The van der Waals surface area contributed by atoms with Crippen molar-refractivity contribution in [3.05, 3.63) is 117 Å². The van der Waals surface area contributed by atoms with Crippen LogP contribution in [0.1, 0.15) is 73.9 Å². The fourth-order valence-electron chi connectivity index (χ4n) is 9.42. The number of ether oxygens (including phenoxy) is 4. The number of rotatable bonds is 4. The van der Waals surface area contributed by atoms with E-state index in [9.17, 15) is 14.7 Å². The monoisotopic (exact) mass is 683 g/mol. The van der Waals surface area contributed by atoms with Gasteiger partial charge in [-0.05, 0) is 73.9 Å². The van der Waals surface area contributed by atoms with Gasteiger partial charge in [-0.3, -0.25) is 4.98 Å². The summed E-state index contributed by atoms with van der Waals surface area (Å²) < 4.78 is 32.1. The molecule has 4 heterocycles. The van der Waals surface area contributed by atoms with Gasteiger partial charge in [0.25, 0.3) is 0 Å². The van der Waals surface area contributed by atoms with Gasteiger partial charge in [0, 0.05) is 45.9 Å². The molecule has 0 bridgehead atoms. The molecule has 4 unspecified atom stereocenters. The summed E-state index contributed by atoms with van der Waals surface area (Å²) in [7, 11) is 0. The Morgan fingerprint density at radius 3 is 2.53 bits per heavy atom. The summed E-state index contributed by atoms with van der Waals surface area (Å²) in [5.41, 5.74) is -1.02. The zero-order valence-corrected chi connectivity index (χ0v) is 28.3. The number of aliphatic hydroxyl groups excluding tert-OH is 1. The van der Waals surface area contributed by atoms with E-state index in [4.69, 9.17) is 35.0 Å². The molecule has 9 nitrogen and oxygen atoms in total. The molecule has 1 saturated heterocycles. The minimum Gasteiger partial charge on any atom is -0.482 e. The zero-order valence-electron chi connectivity index (χ0n) is 27.5. The molecular formula is C39H38ClNO8. The van der Waals surface area contributed by atoms with Crippen LogP contribution in [0.5, 0.6) is 5.75 Å². The number of fused-ring (bicyclic) bond motifs is 6. The van der Waals surface area contributed by atoms with Gasteiger partial charge in [-0.15, -0.1) is 0 Å². The number of pyridine rings is 1. The Kier molecular flexibility index (Phi) is 7.75. The van der Waals surface area contributed by atoms with Crippen molar-refractivity contribution < 1.29 is 33.3 Å². The lowest BCUT2D eigenvalue weighted by Crippen LogP contribution is -2.71. The van der Waals surface area contributed by atoms with E-state index in [0.717, 1.165) is 5.56 Å². The molecule has 0 amide bonds. The lowest BCUT2D eigenvalue weighted by molar-refractivity contribution is -0.330. The number of esters is 1. The maximum absolute atomic E-state index is 13.8. The summed E-state index contributed by atoms with van der Waals surface area (Å²) in [5, 5.41) is 12.9. The Balaban J connectivity index is 1.21. The van der Waals surface area contributed by atoms with Crippen LogP contribution in [0.3, 0.4) is 0 Å². The number of halogens is 1. The first kappa shape index (κ1) is 32.2. The largest absolute Gasteiger partial charge is 0.482 e. The second-order valence-electron chi connectivity index (χ2n) is 14.5. The number of carbonyl (C=O) groups excluding carboxylic acids is 1. The molecule has 0 spiro atoms. The van der Waals surface area contributed by atoms with E-state index in [-0.39, 0.29) is 29.1 Å². The minimum atomic E-state index is -1.26. The summed E-state index contributed by atoms with van der Waals surface area (Å²) in [6.07, 6.45) is 2.33. The molecule has 1 N–H and O–H groups in total. The van der Waals surface area contributed by atoms with Crippen LogP contribution in [0.25, 0.3) is 11.3 Å². The molecule has 4 aliphatic rings. The highest BCUT2D eigenvalue weighted by Crippen LogP contribution is 2.68. The average Bonchev–Trinajstić information content (AvgIpc) is 3.09. The molecule has 49 heavy (non-hydrogen) atoms. The molecule has 0 radical (unpaired) electrons. The lowest BCUT2D eigenvalue weighted by atomic mass is 9.42. The molecule has 254 valence electrons. The molecule has 2 saturated carbocycles. The molecule has 4 aromatic rings. The standard InChI is InChI=1S/C39H38ClNO8/c1-37-16-15-29-38(2,21-45-36(48-29)23-8-5-4-6-9-23)28(37)19-30(47-34(43)22-11-13-25(40)14-12-22)39(3)33(37)32(42)31-27(49-39)18-26(46-35(31)44)24-10-7-17-41-20-24/h4-14,17-18,20,28-30,32-33,36,42H,15-16,19,21H2,1-3H3/t28?,29-,30-,32-,33?,36?,37-,38?,39+/m0/s1. The quantitative estimate of drug-likeness (QED) is 0.221. The molecule has 2 aromatic heterocycles. The van der Waals surface area contributed by atoms with Crippen molar-refractivity contribution in [1.29, 1.82) is 0 Å². The molecule has 8 rings (SSSR count). The van der Waals surface area contributed by atoms with Gasteiger partial charge in [-0.1, -0.05) is 55.8 Å². The van der Waals surface area contributed by atoms with Gasteiger partial charge in [0.05, 0.1) is 24.4 Å². The van der Waals surface area contributed by atoms with E-state index in [1.165, 1.54) is 0 Å². The minimum absolute atomic E-state index is 0.0623. The maximum atomic E-state index is 13.8. The van der Waals surface area contributed by atoms with Crippen molar-refractivity contribution in [2.45, 2.75) is 70.2 Å². The van der Waals surface area contributed by atoms with Crippen LogP contribution in [0, 0.1) is 22.7 Å². The van der Waals surface area contributed by atoms with Gasteiger partial charge in [0.15, 0.2) is 6.29 Å². The Labute approximate surface area is 289 Å². The Morgan fingerprint density at radius 1 is 1.02 bits per heavy atom. The van der Waals surface area contributed by atoms with Crippen LogP contribution < -0.4 is 10.4 Å². The summed E-state index contributed by atoms with van der Waals surface area (Å²) in [6, 6.07) is 21.6. The first-order valence-electron chi connectivity index (χ1n) is 16.8. The molecule has 2 aromatic carbocycles. The van der Waals surface area contributed by atoms with Gasteiger partial charge in [0.2, 0.25) is 0 Å². The predicted octanol–water partition coefficient (Wildman–Crippen LogP) is 7.32. The Morgan fingerprint density at radius 2 is 1.80 bits per heavy atom. The summed E-state index contributed by atoms with van der Waals surface area (Å²) in [4.78, 5) is 31.6. The van der Waals surface area contributed by atoms with E-state index in [1.807, 2.05) is 37.3 Å². The van der Waals surface area contributed by atoms with Crippen LogP contribution in [0.4, 0.5) is 0 Å². The first-order valence-corrected chi connectivity index (χ1v) is 17.1. The van der Waals surface area contributed by atoms with Gasteiger partial charge >= 0.3 is 11.6 Å². The number of aliphatic hydroxyl groups is 1. The lowest BCUT2D eigenvalue weighted by Gasteiger charge is -2.67. The fraction of sp³-hybridized carbons (Fsp3) is 0.410. The van der Waals surface area contributed by atoms with Crippen molar-refractivity contribution in [1.82, 2.24) is 4.98 Å². The number of carbonyl (C=O) groups is 1. The normalized spacial score (nSPS) is 34.7. The van der Waals surface area contributed by atoms with Crippen molar-refractivity contribution in [3.8, 4) is 17.1 Å². The number of aromatic nitrogens is 1. The average molecular weight is 684 g/mol. The van der Waals surface area contributed by atoms with Crippen molar-refractivity contribution in [2.24, 2.45) is 22.7 Å². The molecule has 3 fully saturated rings. The second kappa shape index (κ2) is 11.8. The Bertz CT molecular complexity index is 1940. The third kappa shape index (κ3) is 5.12. The van der Waals surface area contributed by atoms with E-state index in [2.05, 4.69) is 18.8 Å². The van der Waals surface area contributed by atoms with E-state index in [1.54, 1.807) is 54.9 Å². The molecule has 2 aliphatic heterocycles. The smallest absolute Gasteiger partial charge is 0.345 e. The van der Waals surface area contributed by atoms with Crippen LogP contribution >= 0.6 is 11.6 Å². The van der Waals surface area contributed by atoms with Crippen LogP contribution in [0.2, 0.25) is 5.02 Å². The topological polar surface area (TPSA) is 117 Å². The summed E-state index contributed by atoms with van der Waals surface area (Å²) in [5.74, 6) is -0.858. The van der Waals surface area contributed by atoms with E-state index < -0.39 is 52.4 Å². The highest BCUT2D eigenvalue weighted by atomic mass is 35.5. The summed E-state index contributed by atoms with van der Waals surface area (Å²) in [6.45, 7) is 6.62. The van der Waals surface area contributed by atoms with Crippen molar-refractivity contribution in [2.75, 3.05) is 6.61 Å². The van der Waals surface area contributed by atoms with E-state index >= 15 is 0 Å². The second-order valence-corrected chi connectivity index (χ2v) is 15.0. The zero-order chi connectivity index (χ0) is 34.1. The van der Waals surface area contributed by atoms with Crippen LogP contribution in [-0.2, 0) is 14.2 Å². The SMILES string of the molecule is CC12COC(c3ccccc3)O[C@H]1CC[C@@]1(C)C2C[C@H](OC(=O)c2ccc(Cl)cc2)[C@@]2(C)Oc3cc(-c4cccnc4)oc(=O)c3[C@H](O)C12. The number of hydrogen-bond donors (Lipinski definition) is 1. The summed E-state index contributed by atoms with van der Waals surface area (Å²) >= 11 is 6.12. The van der Waals surface area contributed by atoms with Crippen LogP contribution in [0.15, 0.2) is 94.4 Å². The highest BCUT2D eigenvalue weighted by Gasteiger charge is 2.71. The molecule has 9 atom stereocenters. The number of benzene rings is 2. The highest BCUT2D eigenvalue weighted by molar-refractivity contribution is 6.30. The van der Waals surface area contributed by atoms with Crippen molar-refractivity contribution in [3.63, 3.8) is 0 Å². The molecular weight excluding hydrogens is 646 g/mol. The van der Waals surface area contributed by atoms with E-state index in [0.29, 0.717) is 42.0 Å². The van der Waals surface area contributed by atoms with Gasteiger partial charge in [0.1, 0.15) is 28.8 Å².